The van der Waals surface area contributed by atoms with Gasteiger partial charge in [0.25, 0.3) is 0 Å². The number of benzene rings is 1. The van der Waals surface area contributed by atoms with Crippen molar-refractivity contribution < 1.29 is 5.11 Å². The molecule has 1 heterocycles. The van der Waals surface area contributed by atoms with Crippen LogP contribution >= 0.6 is 15.9 Å². The number of anilines is 1. The van der Waals surface area contributed by atoms with Crippen molar-refractivity contribution in [3.05, 3.63) is 34.4 Å². The number of aryl methyl sites for hydroxylation is 1. The lowest BCUT2D eigenvalue weighted by molar-refractivity contribution is 0.282. The Morgan fingerprint density at radius 2 is 2.25 bits per heavy atom. The number of hydrogen-bond acceptors (Lipinski definition) is 3. The monoisotopic (exact) mass is 281 g/mol. The summed E-state index contributed by atoms with van der Waals surface area (Å²) in [5.41, 5.74) is 9.07. The summed E-state index contributed by atoms with van der Waals surface area (Å²) in [6.45, 7) is -0.0206. The number of aliphatic hydroxyl groups is 1. The van der Waals surface area contributed by atoms with Crippen LogP contribution in [-0.2, 0) is 13.7 Å². The van der Waals surface area contributed by atoms with Gasteiger partial charge in [0, 0.05) is 18.3 Å². The van der Waals surface area contributed by atoms with Crippen molar-refractivity contribution in [2.24, 2.45) is 7.05 Å². The van der Waals surface area contributed by atoms with E-state index in [9.17, 15) is 5.11 Å². The molecule has 5 heteroatoms. The molecule has 0 radical (unpaired) electrons. The zero-order chi connectivity index (χ0) is 11.7. The van der Waals surface area contributed by atoms with Gasteiger partial charge in [-0.25, -0.2) is 0 Å². The minimum absolute atomic E-state index is 0.0206. The lowest BCUT2D eigenvalue weighted by Crippen LogP contribution is -1.99. The molecule has 16 heavy (non-hydrogen) atoms. The van der Waals surface area contributed by atoms with Gasteiger partial charge in [0.05, 0.1) is 23.0 Å². The normalized spacial score (nSPS) is 10.7. The third kappa shape index (κ3) is 1.83. The molecule has 0 fully saturated rings. The zero-order valence-electron chi connectivity index (χ0n) is 8.81. The molecule has 2 rings (SSSR count). The van der Waals surface area contributed by atoms with Crippen LogP contribution in [0.2, 0.25) is 0 Å². The van der Waals surface area contributed by atoms with E-state index in [4.69, 9.17) is 5.73 Å². The number of aliphatic hydroxyl groups excluding tert-OH is 1. The number of halogens is 1. The van der Waals surface area contributed by atoms with Crippen LogP contribution in [0.15, 0.2) is 28.9 Å². The summed E-state index contributed by atoms with van der Waals surface area (Å²) < 4.78 is 2.63. The molecular formula is C11H12BrN3O. The maximum atomic E-state index is 9.30. The summed E-state index contributed by atoms with van der Waals surface area (Å²) in [7, 11) is 1.85. The second-order valence-electron chi connectivity index (χ2n) is 3.54. The molecule has 0 saturated heterocycles. The second kappa shape index (κ2) is 4.27. The first-order valence-corrected chi connectivity index (χ1v) is 5.60. The van der Waals surface area contributed by atoms with Crippen molar-refractivity contribution in [1.29, 1.82) is 0 Å². The molecule has 0 aliphatic rings. The second-order valence-corrected chi connectivity index (χ2v) is 4.39. The minimum Gasteiger partial charge on any atom is -0.399 e. The summed E-state index contributed by atoms with van der Waals surface area (Å²) >= 11 is 3.44. The van der Waals surface area contributed by atoms with Crippen LogP contribution < -0.4 is 5.73 Å². The number of hydrogen-bond donors (Lipinski definition) is 2. The number of nitrogens with zero attached hydrogens (tertiary/aromatic N) is 2. The predicted molar refractivity (Wildman–Crippen MR) is 66.7 cm³/mol. The number of aromatic nitrogens is 2. The molecule has 0 aliphatic heterocycles. The van der Waals surface area contributed by atoms with Gasteiger partial charge in [-0.15, -0.1) is 0 Å². The Kier molecular flexibility index (Phi) is 2.98. The van der Waals surface area contributed by atoms with E-state index in [0.717, 1.165) is 21.3 Å². The first kappa shape index (κ1) is 11.2. The van der Waals surface area contributed by atoms with Crippen molar-refractivity contribution in [2.75, 3.05) is 5.73 Å². The Morgan fingerprint density at radius 1 is 1.50 bits per heavy atom. The Hall–Kier alpha value is -1.33. The fourth-order valence-corrected chi connectivity index (χ4v) is 2.23. The molecule has 4 nitrogen and oxygen atoms in total. The summed E-state index contributed by atoms with van der Waals surface area (Å²) in [5, 5.41) is 13.4. The van der Waals surface area contributed by atoms with Crippen molar-refractivity contribution >= 4 is 21.6 Å². The van der Waals surface area contributed by atoms with Crippen molar-refractivity contribution in [3.8, 4) is 11.3 Å². The molecular weight excluding hydrogens is 270 g/mol. The summed E-state index contributed by atoms with van der Waals surface area (Å²) in [5.74, 6) is 0. The van der Waals surface area contributed by atoms with Crippen LogP contribution in [0, 0.1) is 0 Å². The van der Waals surface area contributed by atoms with Crippen molar-refractivity contribution in [3.63, 3.8) is 0 Å². The average Bonchev–Trinajstić information content (AvgIpc) is 2.58. The minimum atomic E-state index is -0.0206. The summed E-state index contributed by atoms with van der Waals surface area (Å²) in [6, 6.07) is 5.44. The van der Waals surface area contributed by atoms with E-state index in [-0.39, 0.29) is 6.61 Å². The van der Waals surface area contributed by atoms with Crippen molar-refractivity contribution in [2.45, 2.75) is 6.61 Å². The van der Waals surface area contributed by atoms with Gasteiger partial charge in [0.1, 0.15) is 0 Å². The Bertz CT molecular complexity index is 502. The number of nitrogen functional groups attached to an aromatic ring is 1. The molecule has 0 unspecified atom stereocenters. The van der Waals surface area contributed by atoms with Gasteiger partial charge in [-0.2, -0.15) is 5.10 Å². The molecule has 3 N–H and O–H groups in total. The third-order valence-electron chi connectivity index (χ3n) is 2.45. The zero-order valence-corrected chi connectivity index (χ0v) is 10.4. The molecule has 2 aromatic rings. The van der Waals surface area contributed by atoms with Crippen LogP contribution in [-0.4, -0.2) is 14.9 Å². The van der Waals surface area contributed by atoms with Gasteiger partial charge in [-0.05, 0) is 33.6 Å². The first-order chi connectivity index (χ1) is 7.63. The molecule has 0 atom stereocenters. The number of rotatable bonds is 2. The van der Waals surface area contributed by atoms with E-state index in [2.05, 4.69) is 21.0 Å². The van der Waals surface area contributed by atoms with Crippen LogP contribution in [0.4, 0.5) is 5.69 Å². The Labute approximate surface area is 102 Å². The van der Waals surface area contributed by atoms with E-state index >= 15 is 0 Å². The number of nitrogens with two attached hydrogens (primary N) is 1. The largest absolute Gasteiger partial charge is 0.399 e. The maximum absolute atomic E-state index is 9.30. The molecule has 0 bridgehead atoms. The van der Waals surface area contributed by atoms with Crippen LogP contribution in [0.1, 0.15) is 5.56 Å². The highest BCUT2D eigenvalue weighted by atomic mass is 79.9. The van der Waals surface area contributed by atoms with Gasteiger partial charge < -0.3 is 10.8 Å². The maximum Gasteiger partial charge on any atom is 0.0825 e. The van der Waals surface area contributed by atoms with Crippen molar-refractivity contribution in [1.82, 2.24) is 9.78 Å². The highest BCUT2D eigenvalue weighted by Gasteiger charge is 2.12. The average molecular weight is 282 g/mol. The molecule has 0 spiro atoms. The van der Waals surface area contributed by atoms with Gasteiger partial charge in [0.2, 0.25) is 0 Å². The molecule has 1 aromatic carbocycles. The van der Waals surface area contributed by atoms with Crippen LogP contribution in [0.5, 0.6) is 0 Å². The molecule has 0 saturated carbocycles. The van der Waals surface area contributed by atoms with E-state index in [0.29, 0.717) is 5.69 Å². The summed E-state index contributed by atoms with van der Waals surface area (Å²) in [4.78, 5) is 0. The van der Waals surface area contributed by atoms with E-state index in [1.165, 1.54) is 0 Å². The van der Waals surface area contributed by atoms with Gasteiger partial charge in [-0.1, -0.05) is 6.07 Å². The van der Waals surface area contributed by atoms with Crippen LogP contribution in [0.3, 0.4) is 0 Å². The highest BCUT2D eigenvalue weighted by Crippen LogP contribution is 2.31. The van der Waals surface area contributed by atoms with Crippen LogP contribution in [0.25, 0.3) is 11.3 Å². The summed E-state index contributed by atoms with van der Waals surface area (Å²) in [6.07, 6.45) is 1.72. The molecule has 84 valence electrons. The molecule has 0 aliphatic carbocycles. The highest BCUT2D eigenvalue weighted by molar-refractivity contribution is 9.10. The van der Waals surface area contributed by atoms with E-state index in [1.54, 1.807) is 16.9 Å². The fourth-order valence-electron chi connectivity index (χ4n) is 1.67. The lowest BCUT2D eigenvalue weighted by Gasteiger charge is -2.09. The van der Waals surface area contributed by atoms with E-state index < -0.39 is 0 Å². The standard InChI is InChI=1S/C11H12BrN3O/c1-15-11(10(12)5-14-15)9-4-8(13)3-2-7(9)6-16/h2-5,16H,6,13H2,1H3. The quantitative estimate of drug-likeness (QED) is 0.827. The van der Waals surface area contributed by atoms with Gasteiger partial charge >= 0.3 is 0 Å². The third-order valence-corrected chi connectivity index (χ3v) is 3.03. The smallest absolute Gasteiger partial charge is 0.0825 e. The molecule has 1 aromatic heterocycles. The van der Waals surface area contributed by atoms with E-state index in [1.807, 2.05) is 19.2 Å². The van der Waals surface area contributed by atoms with Gasteiger partial charge in [0.15, 0.2) is 0 Å². The SMILES string of the molecule is Cn1ncc(Br)c1-c1cc(N)ccc1CO. The lowest BCUT2D eigenvalue weighted by atomic mass is 10.0. The Balaban J connectivity index is 2.67. The topological polar surface area (TPSA) is 64.1 Å². The van der Waals surface area contributed by atoms with Gasteiger partial charge in [-0.3, -0.25) is 4.68 Å². The molecule has 0 amide bonds. The fraction of sp³-hybridized carbons (Fsp3) is 0.182. The Morgan fingerprint density at radius 3 is 2.81 bits per heavy atom. The first-order valence-electron chi connectivity index (χ1n) is 4.80. The predicted octanol–water partition coefficient (Wildman–Crippen LogP) is 1.92.